The van der Waals surface area contributed by atoms with Crippen LogP contribution in [-0.4, -0.2) is 52.0 Å². The Kier molecular flexibility index (Phi) is 4.90. The summed E-state index contributed by atoms with van der Waals surface area (Å²) in [4.78, 5) is 21.0. The Bertz CT molecular complexity index is 510. The maximum absolute atomic E-state index is 12.3. The number of carbonyl (C=O) groups excluding carboxylic acids is 1. The minimum absolute atomic E-state index is 0.0897. The summed E-state index contributed by atoms with van der Waals surface area (Å²) < 4.78 is 5.39. The number of piperazine rings is 1. The van der Waals surface area contributed by atoms with Gasteiger partial charge < -0.3 is 9.42 Å². The van der Waals surface area contributed by atoms with Crippen molar-refractivity contribution in [3.8, 4) is 0 Å². The highest BCUT2D eigenvalue weighted by atomic mass is 16.5. The van der Waals surface area contributed by atoms with Crippen LogP contribution in [0, 0.1) is 5.41 Å². The largest absolute Gasteiger partial charge is 0.340 e. The van der Waals surface area contributed by atoms with E-state index >= 15 is 0 Å². The monoisotopic (exact) mass is 308 g/mol. The molecule has 0 spiro atoms. The number of rotatable bonds is 3. The fraction of sp³-hybridized carbons (Fsp3) is 0.812. The molecule has 6 heteroatoms. The molecular weight excluding hydrogens is 280 g/mol. The first-order valence-corrected chi connectivity index (χ1v) is 8.07. The molecule has 0 N–H and O–H groups in total. The molecular formula is C16H28N4O2. The van der Waals surface area contributed by atoms with E-state index in [1.54, 1.807) is 0 Å². The third kappa shape index (κ3) is 3.66. The van der Waals surface area contributed by atoms with Gasteiger partial charge in [-0.25, -0.2) is 0 Å². The molecule has 2 rings (SSSR count). The van der Waals surface area contributed by atoms with Gasteiger partial charge in [-0.15, -0.1) is 0 Å². The van der Waals surface area contributed by atoms with Crippen LogP contribution in [0.4, 0.5) is 0 Å². The summed E-state index contributed by atoms with van der Waals surface area (Å²) in [6.45, 7) is 15.3. The third-order valence-corrected chi connectivity index (χ3v) is 4.12. The van der Waals surface area contributed by atoms with Gasteiger partial charge in [-0.2, -0.15) is 4.98 Å². The van der Waals surface area contributed by atoms with Gasteiger partial charge in [0.1, 0.15) is 0 Å². The number of aromatic nitrogens is 2. The van der Waals surface area contributed by atoms with E-state index in [0.29, 0.717) is 5.89 Å². The quantitative estimate of drug-likeness (QED) is 0.858. The van der Waals surface area contributed by atoms with Gasteiger partial charge in [0.2, 0.25) is 11.8 Å². The summed E-state index contributed by atoms with van der Waals surface area (Å²) in [7, 11) is 0. The van der Waals surface area contributed by atoms with E-state index < -0.39 is 0 Å². The Labute approximate surface area is 132 Å². The lowest BCUT2D eigenvalue weighted by Crippen LogP contribution is -2.52. The molecule has 1 atom stereocenters. The van der Waals surface area contributed by atoms with Crippen molar-refractivity contribution in [2.75, 3.05) is 26.2 Å². The van der Waals surface area contributed by atoms with Crippen LogP contribution in [-0.2, 0) is 4.79 Å². The molecule has 1 fully saturated rings. The van der Waals surface area contributed by atoms with E-state index in [1.165, 1.54) is 0 Å². The second-order valence-corrected chi connectivity index (χ2v) is 7.40. The van der Waals surface area contributed by atoms with Gasteiger partial charge in [0.15, 0.2) is 5.82 Å². The minimum atomic E-state index is -0.313. The molecule has 1 aromatic heterocycles. The predicted molar refractivity (Wildman–Crippen MR) is 84.4 cm³/mol. The van der Waals surface area contributed by atoms with Crippen LogP contribution in [0.2, 0.25) is 0 Å². The Hall–Kier alpha value is -1.43. The van der Waals surface area contributed by atoms with Crippen LogP contribution in [0.3, 0.4) is 0 Å². The van der Waals surface area contributed by atoms with Gasteiger partial charge in [-0.3, -0.25) is 9.69 Å². The van der Waals surface area contributed by atoms with E-state index in [9.17, 15) is 4.79 Å². The lowest BCUT2D eigenvalue weighted by Gasteiger charge is -2.39. The van der Waals surface area contributed by atoms with E-state index in [-0.39, 0.29) is 23.3 Å². The zero-order valence-corrected chi connectivity index (χ0v) is 14.6. The van der Waals surface area contributed by atoms with Crippen LogP contribution >= 0.6 is 0 Å². The zero-order chi connectivity index (χ0) is 16.5. The molecule has 0 radical (unpaired) electrons. The first-order valence-electron chi connectivity index (χ1n) is 8.07. The van der Waals surface area contributed by atoms with E-state index in [2.05, 4.69) is 35.8 Å². The van der Waals surface area contributed by atoms with Crippen LogP contribution in [0.1, 0.15) is 65.2 Å². The van der Waals surface area contributed by atoms with Crippen LogP contribution in [0.5, 0.6) is 0 Å². The Morgan fingerprint density at radius 1 is 1.14 bits per heavy atom. The summed E-state index contributed by atoms with van der Waals surface area (Å²) in [5.74, 6) is 1.91. The lowest BCUT2D eigenvalue weighted by molar-refractivity contribution is -0.141. The molecule has 1 aliphatic heterocycles. The molecule has 124 valence electrons. The average Bonchev–Trinajstić information content (AvgIpc) is 2.95. The summed E-state index contributed by atoms with van der Waals surface area (Å²) in [5.41, 5.74) is -0.313. The summed E-state index contributed by atoms with van der Waals surface area (Å²) in [5, 5.41) is 4.03. The van der Waals surface area contributed by atoms with Gasteiger partial charge in [0.25, 0.3) is 0 Å². The molecule has 2 heterocycles. The number of amides is 1. The molecule has 0 aliphatic carbocycles. The maximum Gasteiger partial charge on any atom is 0.243 e. The van der Waals surface area contributed by atoms with Gasteiger partial charge >= 0.3 is 0 Å². The molecule has 0 aromatic carbocycles. The molecule has 0 saturated carbocycles. The van der Waals surface area contributed by atoms with Crippen molar-refractivity contribution in [2.24, 2.45) is 5.41 Å². The van der Waals surface area contributed by atoms with Crippen molar-refractivity contribution < 1.29 is 9.32 Å². The molecule has 0 bridgehead atoms. The second kappa shape index (κ2) is 6.36. The van der Waals surface area contributed by atoms with Crippen molar-refractivity contribution in [1.29, 1.82) is 0 Å². The topological polar surface area (TPSA) is 62.5 Å². The number of nitrogens with zero attached hydrogens (tertiary/aromatic N) is 4. The smallest absolute Gasteiger partial charge is 0.243 e. The first-order chi connectivity index (χ1) is 10.2. The van der Waals surface area contributed by atoms with Crippen LogP contribution in [0.25, 0.3) is 0 Å². The summed E-state index contributed by atoms with van der Waals surface area (Å²) >= 11 is 0. The minimum Gasteiger partial charge on any atom is -0.340 e. The van der Waals surface area contributed by atoms with Crippen molar-refractivity contribution >= 4 is 5.91 Å². The van der Waals surface area contributed by atoms with E-state index in [4.69, 9.17) is 4.52 Å². The van der Waals surface area contributed by atoms with Crippen LogP contribution in [0.15, 0.2) is 4.52 Å². The first kappa shape index (κ1) is 16.9. The fourth-order valence-electron chi connectivity index (χ4n) is 2.59. The Morgan fingerprint density at radius 3 is 2.18 bits per heavy atom. The van der Waals surface area contributed by atoms with E-state index in [1.807, 2.05) is 25.7 Å². The van der Waals surface area contributed by atoms with Crippen molar-refractivity contribution in [3.05, 3.63) is 11.7 Å². The molecule has 1 saturated heterocycles. The van der Waals surface area contributed by atoms with Gasteiger partial charge in [-0.05, 0) is 6.92 Å². The van der Waals surface area contributed by atoms with Gasteiger partial charge in [0.05, 0.1) is 6.04 Å². The number of hydrogen-bond donors (Lipinski definition) is 0. The number of hydrogen-bond acceptors (Lipinski definition) is 5. The zero-order valence-electron chi connectivity index (χ0n) is 14.6. The Balaban J connectivity index is 1.94. The normalized spacial score (nSPS) is 18.8. The van der Waals surface area contributed by atoms with Crippen molar-refractivity contribution in [3.63, 3.8) is 0 Å². The lowest BCUT2D eigenvalue weighted by atomic mass is 9.94. The SMILES string of the molecule is CC(C)c1noc(C(C)N2CCN(C(=O)C(C)(C)C)CC2)n1. The summed E-state index contributed by atoms with van der Waals surface area (Å²) in [6, 6.07) is 0.0897. The molecule has 6 nitrogen and oxygen atoms in total. The Morgan fingerprint density at radius 2 is 1.73 bits per heavy atom. The molecule has 1 unspecified atom stereocenters. The highest BCUT2D eigenvalue weighted by molar-refractivity contribution is 5.81. The summed E-state index contributed by atoms with van der Waals surface area (Å²) in [6.07, 6.45) is 0. The number of carbonyl (C=O) groups is 1. The van der Waals surface area contributed by atoms with Crippen molar-refractivity contribution in [1.82, 2.24) is 19.9 Å². The third-order valence-electron chi connectivity index (χ3n) is 4.12. The molecule has 1 aromatic rings. The van der Waals surface area contributed by atoms with Crippen molar-refractivity contribution in [2.45, 2.75) is 53.5 Å². The molecule has 1 aliphatic rings. The van der Waals surface area contributed by atoms with Gasteiger partial charge in [0, 0.05) is 37.5 Å². The van der Waals surface area contributed by atoms with Gasteiger partial charge in [-0.1, -0.05) is 39.8 Å². The van der Waals surface area contributed by atoms with E-state index in [0.717, 1.165) is 32.0 Å². The molecule has 1 amide bonds. The molecule has 22 heavy (non-hydrogen) atoms. The van der Waals surface area contributed by atoms with Crippen LogP contribution < -0.4 is 0 Å². The second-order valence-electron chi connectivity index (χ2n) is 7.40. The highest BCUT2D eigenvalue weighted by Gasteiger charge is 2.32. The maximum atomic E-state index is 12.3. The average molecular weight is 308 g/mol. The highest BCUT2D eigenvalue weighted by Crippen LogP contribution is 2.24. The fourth-order valence-corrected chi connectivity index (χ4v) is 2.59. The predicted octanol–water partition coefficient (Wildman–Crippen LogP) is 2.44. The standard InChI is InChI=1S/C16H28N4O2/c1-11(2)13-17-14(22-18-13)12(3)19-7-9-20(10-8-19)15(21)16(4,5)6/h11-12H,7-10H2,1-6H3.